The Kier molecular flexibility index (Phi) is 7.09. The van der Waals surface area contributed by atoms with E-state index in [1.54, 1.807) is 27.8 Å². The topological polar surface area (TPSA) is 76.7 Å². The summed E-state index contributed by atoms with van der Waals surface area (Å²) in [5, 5.41) is 5.16. The van der Waals surface area contributed by atoms with Crippen LogP contribution in [0.15, 0.2) is 0 Å². The number of amides is 2. The Morgan fingerprint density at radius 1 is 1.09 bits per heavy atom. The van der Waals surface area contributed by atoms with E-state index in [-0.39, 0.29) is 17.5 Å². The monoisotopic (exact) mass is 332 g/mol. The van der Waals surface area contributed by atoms with Crippen molar-refractivity contribution < 1.29 is 18.8 Å². The molecule has 0 heterocycles. The highest BCUT2D eigenvalue weighted by atomic mass is 28.4. The fourth-order valence-electron chi connectivity index (χ4n) is 1.37. The van der Waals surface area contributed by atoms with Crippen molar-refractivity contribution in [2.75, 3.05) is 13.6 Å². The Bertz CT molecular complexity index is 397. The lowest BCUT2D eigenvalue weighted by molar-refractivity contribution is -0.127. The van der Waals surface area contributed by atoms with Gasteiger partial charge in [-0.2, -0.15) is 0 Å². The second kappa shape index (κ2) is 7.46. The fourth-order valence-corrected chi connectivity index (χ4v) is 2.63. The molecule has 0 saturated carbocycles. The first-order chi connectivity index (χ1) is 9.69. The zero-order valence-corrected chi connectivity index (χ0v) is 16.4. The van der Waals surface area contributed by atoms with Gasteiger partial charge in [-0.3, -0.25) is 4.79 Å². The van der Waals surface area contributed by atoms with Crippen LogP contribution < -0.4 is 10.6 Å². The van der Waals surface area contributed by atoms with E-state index in [2.05, 4.69) is 44.5 Å². The van der Waals surface area contributed by atoms with Gasteiger partial charge in [0.25, 0.3) is 0 Å². The molecule has 0 aliphatic carbocycles. The van der Waals surface area contributed by atoms with E-state index in [1.807, 2.05) is 0 Å². The van der Waals surface area contributed by atoms with Crippen LogP contribution in [0, 0.1) is 0 Å². The van der Waals surface area contributed by atoms with Crippen LogP contribution in [0.2, 0.25) is 18.1 Å². The number of likely N-dealkylation sites (N-methyl/N-ethyl adjacent to an activating group) is 1. The third-order valence-corrected chi connectivity index (χ3v) is 8.10. The SMILES string of the molecule is CNC(=O)C(CNC(=O)OC(C)(C)C)O[Si](C)(C)C(C)(C)C. The first-order valence-electron chi connectivity index (χ1n) is 7.56. The summed E-state index contributed by atoms with van der Waals surface area (Å²) < 4.78 is 11.3. The summed E-state index contributed by atoms with van der Waals surface area (Å²) in [7, 11) is -0.565. The quantitative estimate of drug-likeness (QED) is 0.759. The summed E-state index contributed by atoms with van der Waals surface area (Å²) in [4.78, 5) is 23.7. The molecule has 0 bridgehead atoms. The second-order valence-electron chi connectivity index (χ2n) is 7.86. The van der Waals surface area contributed by atoms with Crippen LogP contribution >= 0.6 is 0 Å². The molecule has 0 aromatic carbocycles. The third kappa shape index (κ3) is 7.26. The molecule has 7 heteroatoms. The smallest absolute Gasteiger partial charge is 0.407 e. The van der Waals surface area contributed by atoms with E-state index in [4.69, 9.17) is 9.16 Å². The van der Waals surface area contributed by atoms with Crippen molar-refractivity contribution in [3.63, 3.8) is 0 Å². The van der Waals surface area contributed by atoms with Gasteiger partial charge < -0.3 is 19.8 Å². The van der Waals surface area contributed by atoms with Crippen molar-refractivity contribution in [1.29, 1.82) is 0 Å². The van der Waals surface area contributed by atoms with E-state index in [0.717, 1.165) is 0 Å². The molecule has 2 N–H and O–H groups in total. The standard InChI is InChI=1S/C15H32N2O4Si/c1-14(2,3)20-13(19)17-10-11(12(18)16-7)21-22(8,9)15(4,5)6/h11H,10H2,1-9H3,(H,16,18)(H,17,19). The summed E-state index contributed by atoms with van der Waals surface area (Å²) in [6.45, 7) is 15.9. The van der Waals surface area contributed by atoms with Gasteiger partial charge in [-0.1, -0.05) is 20.8 Å². The number of hydrogen-bond acceptors (Lipinski definition) is 4. The Hall–Kier alpha value is -1.08. The van der Waals surface area contributed by atoms with Crippen LogP contribution in [0.5, 0.6) is 0 Å². The molecule has 0 aromatic heterocycles. The minimum absolute atomic E-state index is 0.0226. The van der Waals surface area contributed by atoms with Gasteiger partial charge in [0, 0.05) is 7.05 Å². The number of ether oxygens (including phenoxy) is 1. The van der Waals surface area contributed by atoms with Crippen molar-refractivity contribution >= 4 is 20.3 Å². The van der Waals surface area contributed by atoms with Crippen LogP contribution in [0.3, 0.4) is 0 Å². The molecular formula is C15H32N2O4Si. The van der Waals surface area contributed by atoms with Crippen LogP contribution in [0.1, 0.15) is 41.5 Å². The third-order valence-electron chi connectivity index (χ3n) is 3.61. The molecule has 0 rings (SSSR count). The first kappa shape index (κ1) is 20.9. The average molecular weight is 333 g/mol. The molecule has 0 aliphatic heterocycles. The normalized spacial score (nSPS) is 14.2. The van der Waals surface area contributed by atoms with E-state index in [1.165, 1.54) is 0 Å². The van der Waals surface area contributed by atoms with Crippen LogP contribution in [-0.2, 0) is 14.0 Å². The molecule has 0 saturated heterocycles. The minimum atomic E-state index is -2.12. The largest absolute Gasteiger partial charge is 0.444 e. The number of alkyl carbamates (subject to hydrolysis) is 1. The van der Waals surface area contributed by atoms with Crippen molar-refractivity contribution in [1.82, 2.24) is 10.6 Å². The Morgan fingerprint density at radius 3 is 1.95 bits per heavy atom. The van der Waals surface area contributed by atoms with Crippen LogP contribution in [-0.4, -0.2) is 45.6 Å². The maximum Gasteiger partial charge on any atom is 0.407 e. The highest BCUT2D eigenvalue weighted by Crippen LogP contribution is 2.37. The molecule has 1 atom stereocenters. The summed E-state index contributed by atoms with van der Waals surface area (Å²) in [6.07, 6.45) is -1.28. The summed E-state index contributed by atoms with van der Waals surface area (Å²) >= 11 is 0. The summed E-state index contributed by atoms with van der Waals surface area (Å²) in [5.41, 5.74) is -0.577. The van der Waals surface area contributed by atoms with Gasteiger partial charge >= 0.3 is 6.09 Å². The second-order valence-corrected chi connectivity index (χ2v) is 12.6. The highest BCUT2D eigenvalue weighted by molar-refractivity contribution is 6.74. The van der Waals surface area contributed by atoms with Crippen LogP contribution in [0.25, 0.3) is 0 Å². The summed E-state index contributed by atoms with van der Waals surface area (Å²) in [6, 6.07) is 0. The number of hydrogen-bond donors (Lipinski definition) is 2. The van der Waals surface area contributed by atoms with E-state index in [9.17, 15) is 9.59 Å². The van der Waals surface area contributed by atoms with Crippen molar-refractivity contribution in [3.8, 4) is 0 Å². The molecule has 0 radical (unpaired) electrons. The van der Waals surface area contributed by atoms with Gasteiger partial charge in [-0.25, -0.2) is 4.79 Å². The molecule has 22 heavy (non-hydrogen) atoms. The van der Waals surface area contributed by atoms with Crippen molar-refractivity contribution in [2.45, 2.75) is 71.4 Å². The predicted octanol–water partition coefficient (Wildman–Crippen LogP) is 2.65. The van der Waals surface area contributed by atoms with E-state index < -0.39 is 26.1 Å². The zero-order valence-electron chi connectivity index (χ0n) is 15.4. The number of carbonyl (C=O) groups excluding carboxylic acids is 2. The van der Waals surface area contributed by atoms with Crippen LogP contribution in [0.4, 0.5) is 4.79 Å². The predicted molar refractivity (Wildman–Crippen MR) is 90.4 cm³/mol. The number of carbonyl (C=O) groups is 2. The van der Waals surface area contributed by atoms with Gasteiger partial charge in [0.15, 0.2) is 8.32 Å². The summed E-state index contributed by atoms with van der Waals surface area (Å²) in [5.74, 6) is -0.249. The van der Waals surface area contributed by atoms with Gasteiger partial charge in [-0.15, -0.1) is 0 Å². The molecule has 130 valence electrons. The zero-order chi connectivity index (χ0) is 17.8. The fraction of sp³-hybridized carbons (Fsp3) is 0.867. The minimum Gasteiger partial charge on any atom is -0.444 e. The van der Waals surface area contributed by atoms with E-state index in [0.29, 0.717) is 0 Å². The van der Waals surface area contributed by atoms with Gasteiger partial charge in [-0.05, 0) is 38.9 Å². The van der Waals surface area contributed by atoms with E-state index >= 15 is 0 Å². The lowest BCUT2D eigenvalue weighted by atomic mass is 10.2. The van der Waals surface area contributed by atoms with Crippen molar-refractivity contribution in [3.05, 3.63) is 0 Å². The lowest BCUT2D eigenvalue weighted by Gasteiger charge is -2.38. The number of rotatable bonds is 5. The molecule has 6 nitrogen and oxygen atoms in total. The molecule has 0 aromatic rings. The molecule has 1 unspecified atom stereocenters. The Labute approximate surface area is 135 Å². The first-order valence-corrected chi connectivity index (χ1v) is 10.5. The van der Waals surface area contributed by atoms with Gasteiger partial charge in [0.05, 0.1) is 6.54 Å². The molecule has 0 spiro atoms. The Balaban J connectivity index is 4.82. The lowest BCUT2D eigenvalue weighted by Crippen LogP contribution is -2.52. The molecule has 0 fully saturated rings. The Morgan fingerprint density at radius 2 is 1.59 bits per heavy atom. The maximum absolute atomic E-state index is 12.0. The highest BCUT2D eigenvalue weighted by Gasteiger charge is 2.40. The maximum atomic E-state index is 12.0. The van der Waals surface area contributed by atoms with Gasteiger partial charge in [0.1, 0.15) is 11.7 Å². The molecule has 0 aliphatic rings. The van der Waals surface area contributed by atoms with Crippen molar-refractivity contribution in [2.24, 2.45) is 0 Å². The average Bonchev–Trinajstić information content (AvgIpc) is 2.29. The van der Waals surface area contributed by atoms with Gasteiger partial charge in [0.2, 0.25) is 5.91 Å². The number of nitrogens with one attached hydrogen (secondary N) is 2. The molecule has 2 amide bonds. The molecular weight excluding hydrogens is 300 g/mol.